The molecule has 7 nitrogen and oxygen atoms in total. The highest BCUT2D eigenvalue weighted by molar-refractivity contribution is 5.93. The minimum absolute atomic E-state index is 0.0181. The molecule has 0 aliphatic carbocycles. The molecule has 7 heteroatoms. The molecule has 1 saturated heterocycles. The highest BCUT2D eigenvalue weighted by Gasteiger charge is 2.21. The minimum atomic E-state index is -0.553. The molecule has 0 aromatic heterocycles. The van der Waals surface area contributed by atoms with Gasteiger partial charge in [0.05, 0.1) is 6.54 Å². The van der Waals surface area contributed by atoms with Gasteiger partial charge in [0, 0.05) is 58.2 Å². The molecule has 1 aliphatic rings. The van der Waals surface area contributed by atoms with Crippen molar-refractivity contribution >= 4 is 17.3 Å². The van der Waals surface area contributed by atoms with Gasteiger partial charge >= 0.3 is 0 Å². The van der Waals surface area contributed by atoms with Gasteiger partial charge in [-0.15, -0.1) is 0 Å². The van der Waals surface area contributed by atoms with E-state index in [2.05, 4.69) is 15.1 Å². The van der Waals surface area contributed by atoms with Gasteiger partial charge in [0.25, 0.3) is 0 Å². The number of carbonyl (C=O) groups is 1. The quantitative estimate of drug-likeness (QED) is 0.624. The lowest BCUT2D eigenvalue weighted by molar-refractivity contribution is -0.117. The van der Waals surface area contributed by atoms with Crippen molar-refractivity contribution < 1.29 is 14.6 Å². The van der Waals surface area contributed by atoms with Crippen molar-refractivity contribution in [3.63, 3.8) is 0 Å². The Kier molecular flexibility index (Phi) is 8.50. The summed E-state index contributed by atoms with van der Waals surface area (Å²) in [6.07, 6.45) is -0.553. The molecule has 0 bridgehead atoms. The van der Waals surface area contributed by atoms with Crippen LogP contribution in [0.5, 0.6) is 5.75 Å². The Morgan fingerprint density at radius 1 is 1.03 bits per heavy atom. The topological polar surface area (TPSA) is 68.3 Å². The van der Waals surface area contributed by atoms with Gasteiger partial charge in [0.2, 0.25) is 5.91 Å². The SMILES string of the molecule is Cc1cccc(C)c1NC(=O)CN1CCN(CC(O)COc2ccc(N(C)C)cc2)CC1. The summed E-state index contributed by atoms with van der Waals surface area (Å²) in [7, 11) is 3.99. The van der Waals surface area contributed by atoms with E-state index < -0.39 is 6.10 Å². The summed E-state index contributed by atoms with van der Waals surface area (Å²) in [6, 6.07) is 13.9. The average molecular weight is 441 g/mol. The first-order chi connectivity index (χ1) is 15.3. The number of rotatable bonds is 9. The normalized spacial score (nSPS) is 15.9. The smallest absolute Gasteiger partial charge is 0.238 e. The number of aliphatic hydroxyl groups is 1. The number of carbonyl (C=O) groups excluding carboxylic acids is 1. The van der Waals surface area contributed by atoms with E-state index in [0.717, 1.165) is 54.4 Å². The van der Waals surface area contributed by atoms with Gasteiger partial charge < -0.3 is 20.1 Å². The summed E-state index contributed by atoms with van der Waals surface area (Å²) in [5.74, 6) is 0.777. The van der Waals surface area contributed by atoms with Crippen LogP contribution in [0.3, 0.4) is 0 Å². The number of benzene rings is 2. The molecule has 2 aromatic carbocycles. The zero-order chi connectivity index (χ0) is 23.1. The number of hydrogen-bond donors (Lipinski definition) is 2. The monoisotopic (exact) mass is 440 g/mol. The Hall–Kier alpha value is -2.61. The molecule has 2 N–H and O–H groups in total. The minimum Gasteiger partial charge on any atom is -0.491 e. The zero-order valence-electron chi connectivity index (χ0n) is 19.7. The van der Waals surface area contributed by atoms with Crippen molar-refractivity contribution in [3.8, 4) is 5.75 Å². The van der Waals surface area contributed by atoms with Gasteiger partial charge in [-0.1, -0.05) is 18.2 Å². The number of ether oxygens (including phenoxy) is 1. The van der Waals surface area contributed by atoms with Crippen LogP contribution >= 0.6 is 0 Å². The van der Waals surface area contributed by atoms with Gasteiger partial charge in [-0.25, -0.2) is 0 Å². The maximum Gasteiger partial charge on any atom is 0.238 e. The maximum absolute atomic E-state index is 12.5. The first-order valence-corrected chi connectivity index (χ1v) is 11.2. The number of piperazine rings is 1. The van der Waals surface area contributed by atoms with Crippen molar-refractivity contribution in [1.82, 2.24) is 9.80 Å². The lowest BCUT2D eigenvalue weighted by atomic mass is 10.1. The van der Waals surface area contributed by atoms with Crippen molar-refractivity contribution in [1.29, 1.82) is 0 Å². The van der Waals surface area contributed by atoms with E-state index in [9.17, 15) is 9.90 Å². The van der Waals surface area contributed by atoms with Crippen molar-refractivity contribution in [2.75, 3.05) is 70.2 Å². The van der Waals surface area contributed by atoms with Crippen LogP contribution in [-0.2, 0) is 4.79 Å². The molecule has 1 fully saturated rings. The first kappa shape index (κ1) is 24.0. The summed E-state index contributed by atoms with van der Waals surface area (Å²) in [4.78, 5) is 18.9. The van der Waals surface area contributed by atoms with E-state index in [1.54, 1.807) is 0 Å². The first-order valence-electron chi connectivity index (χ1n) is 11.2. The van der Waals surface area contributed by atoms with Crippen molar-refractivity contribution in [2.45, 2.75) is 20.0 Å². The summed E-state index contributed by atoms with van der Waals surface area (Å²) in [5, 5.41) is 13.4. The highest BCUT2D eigenvalue weighted by Crippen LogP contribution is 2.20. The van der Waals surface area contributed by atoms with Crippen molar-refractivity contribution in [3.05, 3.63) is 53.6 Å². The number of hydrogen-bond acceptors (Lipinski definition) is 6. The largest absolute Gasteiger partial charge is 0.491 e. The molecule has 1 atom stereocenters. The summed E-state index contributed by atoms with van der Waals surface area (Å²) in [5.41, 5.74) is 4.18. The molecule has 2 aromatic rings. The molecule has 174 valence electrons. The van der Waals surface area contributed by atoms with Crippen LogP contribution in [0, 0.1) is 13.8 Å². The molecule has 1 amide bonds. The highest BCUT2D eigenvalue weighted by atomic mass is 16.5. The van der Waals surface area contributed by atoms with Crippen LogP contribution in [0.2, 0.25) is 0 Å². The average Bonchev–Trinajstić information content (AvgIpc) is 2.76. The molecule has 1 unspecified atom stereocenters. The molecule has 0 spiro atoms. The molecule has 0 saturated carbocycles. The van der Waals surface area contributed by atoms with E-state index in [4.69, 9.17) is 4.74 Å². The van der Waals surface area contributed by atoms with E-state index in [1.165, 1.54) is 0 Å². The molecule has 1 aliphatic heterocycles. The predicted molar refractivity (Wildman–Crippen MR) is 130 cm³/mol. The third kappa shape index (κ3) is 6.95. The Balaban J connectivity index is 1.36. The molecular formula is C25H36N4O3. The number of para-hydroxylation sites is 1. The molecular weight excluding hydrogens is 404 g/mol. The lowest BCUT2D eigenvalue weighted by Gasteiger charge is -2.35. The molecule has 32 heavy (non-hydrogen) atoms. The lowest BCUT2D eigenvalue weighted by Crippen LogP contribution is -2.50. The van der Waals surface area contributed by atoms with E-state index in [1.807, 2.05) is 75.3 Å². The Labute approximate surface area is 191 Å². The zero-order valence-corrected chi connectivity index (χ0v) is 19.7. The van der Waals surface area contributed by atoms with Gasteiger partial charge in [-0.2, -0.15) is 0 Å². The Morgan fingerprint density at radius 3 is 2.22 bits per heavy atom. The number of nitrogens with zero attached hydrogens (tertiary/aromatic N) is 3. The second-order valence-corrected chi connectivity index (χ2v) is 8.74. The fourth-order valence-corrected chi connectivity index (χ4v) is 3.91. The van der Waals surface area contributed by atoms with Gasteiger partial charge in [-0.05, 0) is 49.2 Å². The second kappa shape index (κ2) is 11.3. The summed E-state index contributed by atoms with van der Waals surface area (Å²) < 4.78 is 5.74. The van der Waals surface area contributed by atoms with Crippen LogP contribution in [0.15, 0.2) is 42.5 Å². The summed E-state index contributed by atoms with van der Waals surface area (Å²) in [6.45, 7) is 8.49. The van der Waals surface area contributed by atoms with Crippen LogP contribution in [0.4, 0.5) is 11.4 Å². The number of aliphatic hydroxyl groups excluding tert-OH is 1. The van der Waals surface area contributed by atoms with Gasteiger partial charge in [0.15, 0.2) is 0 Å². The molecule has 1 heterocycles. The van der Waals surface area contributed by atoms with E-state index >= 15 is 0 Å². The number of anilines is 2. The Morgan fingerprint density at radius 2 is 1.62 bits per heavy atom. The number of aryl methyl sites for hydroxylation is 2. The number of nitrogens with one attached hydrogen (secondary N) is 1. The van der Waals surface area contributed by atoms with Crippen LogP contribution in [-0.4, -0.2) is 86.9 Å². The van der Waals surface area contributed by atoms with E-state index in [-0.39, 0.29) is 12.5 Å². The Bertz CT molecular complexity index is 857. The molecule has 3 rings (SSSR count). The third-order valence-electron chi connectivity index (χ3n) is 5.84. The van der Waals surface area contributed by atoms with Crippen LogP contribution < -0.4 is 15.0 Å². The van der Waals surface area contributed by atoms with Crippen LogP contribution in [0.1, 0.15) is 11.1 Å². The second-order valence-electron chi connectivity index (χ2n) is 8.74. The fraction of sp³-hybridized carbons (Fsp3) is 0.480. The van der Waals surface area contributed by atoms with Crippen molar-refractivity contribution in [2.24, 2.45) is 0 Å². The van der Waals surface area contributed by atoms with Gasteiger partial charge in [0.1, 0.15) is 18.5 Å². The summed E-state index contributed by atoms with van der Waals surface area (Å²) >= 11 is 0. The van der Waals surface area contributed by atoms with Gasteiger partial charge in [-0.3, -0.25) is 14.6 Å². The third-order valence-corrected chi connectivity index (χ3v) is 5.84. The maximum atomic E-state index is 12.5. The standard InChI is InChI=1S/C25H36N4O3/c1-19-6-5-7-20(2)25(19)26-24(31)17-29-14-12-28(13-15-29)16-22(30)18-32-23-10-8-21(9-11-23)27(3)4/h5-11,22,30H,12-18H2,1-4H3,(H,26,31). The fourth-order valence-electron chi connectivity index (χ4n) is 3.91. The van der Waals surface area contributed by atoms with E-state index in [0.29, 0.717) is 13.1 Å². The van der Waals surface area contributed by atoms with Crippen LogP contribution in [0.25, 0.3) is 0 Å². The number of β-amino-alcohol motifs (C(OH)–C–C–N with tert-alkyl or cyclic N) is 1. The predicted octanol–water partition coefficient (Wildman–Crippen LogP) is 2.37. The number of amides is 1. The molecule has 0 radical (unpaired) electrons.